The summed E-state index contributed by atoms with van der Waals surface area (Å²) in [5.41, 5.74) is 2.30. The lowest BCUT2D eigenvalue weighted by atomic mass is 10.0. The van der Waals surface area contributed by atoms with E-state index in [-0.39, 0.29) is 0 Å². The molecule has 0 saturated carbocycles. The van der Waals surface area contributed by atoms with Gasteiger partial charge in [0.05, 0.1) is 6.26 Å². The van der Waals surface area contributed by atoms with Crippen molar-refractivity contribution in [3.63, 3.8) is 0 Å². The van der Waals surface area contributed by atoms with Crippen LogP contribution in [0.4, 0.5) is 0 Å². The van der Waals surface area contributed by atoms with Crippen molar-refractivity contribution in [2.45, 2.75) is 38.5 Å². The van der Waals surface area contributed by atoms with Crippen LogP contribution >= 0.6 is 11.8 Å². The Bertz CT molecular complexity index is 511. The number of nitrogens with one attached hydrogen (secondary N) is 1. The molecule has 1 N–H and O–H groups in total. The van der Waals surface area contributed by atoms with Gasteiger partial charge in [-0.3, -0.25) is 0 Å². The maximum absolute atomic E-state index is 5.48. The Labute approximate surface area is 120 Å². The van der Waals surface area contributed by atoms with Crippen LogP contribution in [-0.4, -0.2) is 24.6 Å². The highest BCUT2D eigenvalue weighted by Crippen LogP contribution is 2.21. The minimum absolute atomic E-state index is 0.496. The molecule has 0 aromatic carbocycles. The van der Waals surface area contributed by atoms with E-state index in [1.54, 1.807) is 6.26 Å². The highest BCUT2D eigenvalue weighted by molar-refractivity contribution is 7.99. The summed E-state index contributed by atoms with van der Waals surface area (Å²) < 4.78 is 5.48. The first kappa shape index (κ1) is 16.1. The van der Waals surface area contributed by atoms with Gasteiger partial charge in [-0.15, -0.1) is 0 Å². The summed E-state index contributed by atoms with van der Waals surface area (Å²) in [5.74, 6) is 0. The van der Waals surface area contributed by atoms with Crippen molar-refractivity contribution in [3.05, 3.63) is 34.6 Å². The molecular weight excluding hydrogens is 254 g/mol. The number of hydrogen-bond acceptors (Lipinski definition) is 3. The molecule has 0 amide bonds. The van der Waals surface area contributed by atoms with Gasteiger partial charge in [0.1, 0.15) is 5.42 Å². The van der Waals surface area contributed by atoms with Crippen LogP contribution in [0.15, 0.2) is 28.4 Å². The second-order valence-corrected chi connectivity index (χ2v) is 5.55. The lowest BCUT2D eigenvalue weighted by Gasteiger charge is -2.24. The summed E-state index contributed by atoms with van der Waals surface area (Å²) in [4.78, 5) is 0. The molecule has 2 nitrogen and oxygen atoms in total. The third kappa shape index (κ3) is 4.29. The van der Waals surface area contributed by atoms with E-state index in [0.29, 0.717) is 11.3 Å². The van der Waals surface area contributed by atoms with Crippen molar-refractivity contribution in [2.24, 2.45) is 0 Å². The minimum Gasteiger partial charge on any atom is -0.464 e. The molecule has 106 valence electrons. The standard InChI is InChI=1S/C16H25NOS/c1-6-13-10-11-18-15(13)9-8-12(3)16(19-5)14(7-2)17-4/h6,8-11,14,16-17H,7H2,1-5H3/b12-8+,13-6-,15-9+. The molecular formula is C16H25NOS. The molecule has 0 saturated heterocycles. The van der Waals surface area contributed by atoms with E-state index in [1.165, 1.54) is 5.57 Å². The average Bonchev–Trinajstić information content (AvgIpc) is 2.89. The number of hydrogen-bond donors (Lipinski definition) is 1. The summed E-state index contributed by atoms with van der Waals surface area (Å²) in [5, 5.41) is 5.03. The van der Waals surface area contributed by atoms with E-state index in [2.05, 4.69) is 43.6 Å². The Kier molecular flexibility index (Phi) is 7.03. The van der Waals surface area contributed by atoms with Crippen LogP contribution in [0.25, 0.3) is 12.2 Å². The first-order valence-corrected chi connectivity index (χ1v) is 8.05. The highest BCUT2D eigenvalue weighted by Gasteiger charge is 2.18. The highest BCUT2D eigenvalue weighted by atomic mass is 32.2. The second kappa shape index (κ2) is 8.28. The maximum atomic E-state index is 5.48. The lowest BCUT2D eigenvalue weighted by Crippen LogP contribution is -2.35. The first-order valence-electron chi connectivity index (χ1n) is 6.76. The fourth-order valence-corrected chi connectivity index (χ4v) is 3.35. The number of rotatable bonds is 6. The molecule has 0 aliphatic heterocycles. The third-order valence-electron chi connectivity index (χ3n) is 3.41. The molecule has 3 heteroatoms. The van der Waals surface area contributed by atoms with Crippen LogP contribution in [0.3, 0.4) is 0 Å². The quantitative estimate of drug-likeness (QED) is 0.866. The molecule has 0 aliphatic carbocycles. The molecule has 19 heavy (non-hydrogen) atoms. The molecule has 0 fully saturated rings. The summed E-state index contributed by atoms with van der Waals surface area (Å²) in [6, 6.07) is 2.50. The molecule has 2 unspecified atom stereocenters. The molecule has 0 radical (unpaired) electrons. The Morgan fingerprint density at radius 3 is 2.79 bits per heavy atom. The largest absolute Gasteiger partial charge is 0.464 e. The first-order chi connectivity index (χ1) is 9.17. The van der Waals surface area contributed by atoms with Crippen LogP contribution in [0.1, 0.15) is 27.2 Å². The van der Waals surface area contributed by atoms with Crippen LogP contribution < -0.4 is 16.0 Å². The van der Waals surface area contributed by atoms with Gasteiger partial charge in [-0.2, -0.15) is 11.8 Å². The zero-order valence-electron chi connectivity index (χ0n) is 12.6. The molecule has 1 heterocycles. The molecule has 1 aromatic rings. The summed E-state index contributed by atoms with van der Waals surface area (Å²) in [6.45, 7) is 6.44. The van der Waals surface area contributed by atoms with Crippen LogP contribution in [0.5, 0.6) is 0 Å². The predicted molar refractivity (Wildman–Crippen MR) is 86.8 cm³/mol. The van der Waals surface area contributed by atoms with Gasteiger partial charge < -0.3 is 9.73 Å². The maximum Gasteiger partial charge on any atom is 0.133 e. The van der Waals surface area contributed by atoms with Crippen molar-refractivity contribution < 1.29 is 4.42 Å². The van der Waals surface area contributed by atoms with Crippen LogP contribution in [-0.2, 0) is 0 Å². The van der Waals surface area contributed by atoms with Gasteiger partial charge in [0.25, 0.3) is 0 Å². The van der Waals surface area contributed by atoms with Crippen LogP contribution in [0, 0.1) is 0 Å². The van der Waals surface area contributed by atoms with E-state index >= 15 is 0 Å². The Morgan fingerprint density at radius 1 is 1.53 bits per heavy atom. The minimum atomic E-state index is 0.496. The monoisotopic (exact) mass is 279 g/mol. The zero-order chi connectivity index (χ0) is 14.3. The number of furan rings is 1. The molecule has 0 bridgehead atoms. The SMILES string of the molecule is C/C=c1/cco/c1=C/C=C(\C)C(SC)C(CC)NC. The summed E-state index contributed by atoms with van der Waals surface area (Å²) in [6.07, 6.45) is 11.3. The van der Waals surface area contributed by atoms with E-state index < -0.39 is 0 Å². The number of thioether (sulfide) groups is 1. The van der Waals surface area contributed by atoms with Crippen molar-refractivity contribution in [1.29, 1.82) is 0 Å². The zero-order valence-corrected chi connectivity index (χ0v) is 13.4. The Hall–Kier alpha value is -0.930. The molecule has 0 spiro atoms. The second-order valence-electron chi connectivity index (χ2n) is 4.57. The number of allylic oxidation sites excluding steroid dienone is 1. The normalized spacial score (nSPS) is 17.8. The van der Waals surface area contributed by atoms with E-state index in [9.17, 15) is 0 Å². The molecule has 1 aromatic heterocycles. The lowest BCUT2D eigenvalue weighted by molar-refractivity contribution is 0.531. The molecule has 1 rings (SSSR count). The Balaban J connectivity index is 3.01. The fourth-order valence-electron chi connectivity index (χ4n) is 2.24. The summed E-state index contributed by atoms with van der Waals surface area (Å²) >= 11 is 1.89. The van der Waals surface area contributed by atoms with E-state index in [1.807, 2.05) is 31.8 Å². The van der Waals surface area contributed by atoms with Gasteiger partial charge in [-0.25, -0.2) is 0 Å². The predicted octanol–water partition coefficient (Wildman–Crippen LogP) is 2.54. The van der Waals surface area contributed by atoms with Crippen molar-refractivity contribution in [1.82, 2.24) is 5.32 Å². The van der Waals surface area contributed by atoms with Gasteiger partial charge in [0.15, 0.2) is 0 Å². The van der Waals surface area contributed by atoms with Crippen molar-refractivity contribution >= 4 is 23.9 Å². The average molecular weight is 279 g/mol. The Morgan fingerprint density at radius 2 is 2.26 bits per heavy atom. The van der Waals surface area contributed by atoms with E-state index in [0.717, 1.165) is 17.1 Å². The smallest absolute Gasteiger partial charge is 0.133 e. The van der Waals surface area contributed by atoms with Crippen molar-refractivity contribution in [3.8, 4) is 0 Å². The van der Waals surface area contributed by atoms with Crippen molar-refractivity contribution in [2.75, 3.05) is 13.3 Å². The van der Waals surface area contributed by atoms with Crippen LogP contribution in [0.2, 0.25) is 0 Å². The third-order valence-corrected chi connectivity index (χ3v) is 4.62. The topological polar surface area (TPSA) is 25.2 Å². The summed E-state index contributed by atoms with van der Waals surface area (Å²) in [7, 11) is 2.03. The van der Waals surface area contributed by atoms with Gasteiger partial charge in [0.2, 0.25) is 0 Å². The van der Waals surface area contributed by atoms with E-state index in [4.69, 9.17) is 4.42 Å². The molecule has 2 atom stereocenters. The van der Waals surface area contributed by atoms with Gasteiger partial charge in [0, 0.05) is 16.5 Å². The van der Waals surface area contributed by atoms with Gasteiger partial charge in [-0.05, 0) is 45.7 Å². The van der Waals surface area contributed by atoms with Gasteiger partial charge >= 0.3 is 0 Å². The molecule has 0 aliphatic rings. The van der Waals surface area contributed by atoms with Gasteiger partial charge in [-0.1, -0.05) is 24.6 Å². The fraction of sp³-hybridized carbons (Fsp3) is 0.500.